The van der Waals surface area contributed by atoms with Gasteiger partial charge in [-0.1, -0.05) is 24.9 Å². The molecule has 0 saturated heterocycles. The van der Waals surface area contributed by atoms with Crippen LogP contribution in [0.5, 0.6) is 0 Å². The number of nitrogens with two attached hydrogens (primary N) is 1. The molecule has 4 heteroatoms. The molecule has 1 aromatic heterocycles. The highest BCUT2D eigenvalue weighted by atomic mass is 35.5. The van der Waals surface area contributed by atoms with Crippen LogP contribution in [0, 0.1) is 0 Å². The zero-order chi connectivity index (χ0) is 9.84. The second-order valence-corrected chi connectivity index (χ2v) is 3.50. The van der Waals surface area contributed by atoms with E-state index in [0.29, 0.717) is 5.02 Å². The Kier molecular flexibility index (Phi) is 3.75. The van der Waals surface area contributed by atoms with Crippen LogP contribution in [-0.2, 0) is 6.54 Å². The molecule has 3 nitrogen and oxygen atoms in total. The maximum Gasteiger partial charge on any atom is 0.0834 e. The maximum atomic E-state index is 5.99. The molecule has 0 aliphatic rings. The quantitative estimate of drug-likeness (QED) is 0.813. The molecule has 1 rings (SSSR count). The Morgan fingerprint density at radius 2 is 2.31 bits per heavy atom. The molecule has 0 aromatic carbocycles. The Bertz CT molecular complexity index is 270. The lowest BCUT2D eigenvalue weighted by Crippen LogP contribution is -2.16. The van der Waals surface area contributed by atoms with Crippen LogP contribution in [0.15, 0.2) is 6.20 Å². The molecular formula is C9H16ClN3. The number of nitrogens with zero attached hydrogens (tertiary/aromatic N) is 2. The molecule has 0 radical (unpaired) electrons. The second-order valence-electron chi connectivity index (χ2n) is 3.09. The van der Waals surface area contributed by atoms with E-state index in [1.54, 1.807) is 6.20 Å². The van der Waals surface area contributed by atoms with E-state index in [4.69, 9.17) is 17.3 Å². The van der Waals surface area contributed by atoms with Gasteiger partial charge in [0.15, 0.2) is 0 Å². The molecule has 0 bridgehead atoms. The van der Waals surface area contributed by atoms with Crippen LogP contribution in [0.2, 0.25) is 5.02 Å². The summed E-state index contributed by atoms with van der Waals surface area (Å²) in [7, 11) is 0. The van der Waals surface area contributed by atoms with Crippen molar-refractivity contribution in [3.8, 4) is 0 Å². The van der Waals surface area contributed by atoms with Crippen LogP contribution >= 0.6 is 11.6 Å². The van der Waals surface area contributed by atoms with Gasteiger partial charge >= 0.3 is 0 Å². The van der Waals surface area contributed by atoms with Crippen molar-refractivity contribution in [1.29, 1.82) is 0 Å². The van der Waals surface area contributed by atoms with Gasteiger partial charge in [-0.3, -0.25) is 4.68 Å². The Hall–Kier alpha value is -0.540. The SMILES string of the molecule is CCCC(N)c1c(Cl)cnn1CC. The Labute approximate surface area is 83.9 Å². The zero-order valence-electron chi connectivity index (χ0n) is 8.13. The standard InChI is InChI=1S/C9H16ClN3/c1-3-5-8(11)9-7(10)6-12-13(9)4-2/h6,8H,3-5,11H2,1-2H3. The minimum absolute atomic E-state index is 0.0138. The lowest BCUT2D eigenvalue weighted by molar-refractivity contribution is 0.543. The van der Waals surface area contributed by atoms with Crippen molar-refractivity contribution in [3.05, 3.63) is 16.9 Å². The monoisotopic (exact) mass is 201 g/mol. The smallest absolute Gasteiger partial charge is 0.0834 e. The number of aryl methyl sites for hydroxylation is 1. The minimum atomic E-state index is 0.0138. The van der Waals surface area contributed by atoms with Crippen LogP contribution in [0.1, 0.15) is 38.4 Å². The number of halogens is 1. The van der Waals surface area contributed by atoms with Crippen molar-refractivity contribution in [2.75, 3.05) is 0 Å². The van der Waals surface area contributed by atoms with E-state index >= 15 is 0 Å². The van der Waals surface area contributed by atoms with Crippen molar-refractivity contribution in [1.82, 2.24) is 9.78 Å². The van der Waals surface area contributed by atoms with Crippen molar-refractivity contribution >= 4 is 11.6 Å². The van der Waals surface area contributed by atoms with E-state index in [9.17, 15) is 0 Å². The third-order valence-corrected chi connectivity index (χ3v) is 2.37. The van der Waals surface area contributed by atoms with Crippen LogP contribution in [0.3, 0.4) is 0 Å². The summed E-state index contributed by atoms with van der Waals surface area (Å²) < 4.78 is 1.86. The molecule has 0 aliphatic carbocycles. The molecule has 0 saturated carbocycles. The fourth-order valence-electron chi connectivity index (χ4n) is 1.44. The average Bonchev–Trinajstić information content (AvgIpc) is 2.47. The Morgan fingerprint density at radius 3 is 2.85 bits per heavy atom. The first-order chi connectivity index (χ1) is 6.20. The minimum Gasteiger partial charge on any atom is -0.323 e. The molecular weight excluding hydrogens is 186 g/mol. The third kappa shape index (κ3) is 2.23. The molecule has 1 atom stereocenters. The zero-order valence-corrected chi connectivity index (χ0v) is 8.88. The summed E-state index contributed by atoms with van der Waals surface area (Å²) in [6, 6.07) is 0.0138. The lowest BCUT2D eigenvalue weighted by Gasteiger charge is -2.12. The van der Waals surface area contributed by atoms with Crippen molar-refractivity contribution in [3.63, 3.8) is 0 Å². The van der Waals surface area contributed by atoms with Crippen molar-refractivity contribution < 1.29 is 0 Å². The first-order valence-corrected chi connectivity index (χ1v) is 5.05. The molecule has 0 spiro atoms. The molecule has 0 aliphatic heterocycles. The summed E-state index contributed by atoms with van der Waals surface area (Å²) >= 11 is 5.99. The number of hydrogen-bond acceptors (Lipinski definition) is 2. The van der Waals surface area contributed by atoms with E-state index < -0.39 is 0 Å². The molecule has 1 aromatic rings. The van der Waals surface area contributed by atoms with Crippen LogP contribution in [0.4, 0.5) is 0 Å². The molecule has 74 valence electrons. The van der Waals surface area contributed by atoms with Gasteiger partial charge in [-0.05, 0) is 13.3 Å². The largest absolute Gasteiger partial charge is 0.323 e. The van der Waals surface area contributed by atoms with E-state index in [-0.39, 0.29) is 6.04 Å². The summed E-state index contributed by atoms with van der Waals surface area (Å²) in [6.45, 7) is 4.96. The molecule has 0 fully saturated rings. The van der Waals surface area contributed by atoms with Crippen LogP contribution in [-0.4, -0.2) is 9.78 Å². The van der Waals surface area contributed by atoms with E-state index in [1.165, 1.54) is 0 Å². The highest BCUT2D eigenvalue weighted by molar-refractivity contribution is 6.31. The van der Waals surface area contributed by atoms with Gasteiger partial charge < -0.3 is 5.73 Å². The van der Waals surface area contributed by atoms with E-state index in [2.05, 4.69) is 12.0 Å². The van der Waals surface area contributed by atoms with Gasteiger partial charge in [0.25, 0.3) is 0 Å². The van der Waals surface area contributed by atoms with Gasteiger partial charge in [0.1, 0.15) is 0 Å². The first kappa shape index (κ1) is 10.5. The summed E-state index contributed by atoms with van der Waals surface area (Å²) in [5, 5.41) is 4.83. The van der Waals surface area contributed by atoms with E-state index in [0.717, 1.165) is 25.1 Å². The summed E-state index contributed by atoms with van der Waals surface area (Å²) in [5.41, 5.74) is 6.95. The van der Waals surface area contributed by atoms with E-state index in [1.807, 2.05) is 11.6 Å². The van der Waals surface area contributed by atoms with Gasteiger partial charge in [-0.25, -0.2) is 0 Å². The second kappa shape index (κ2) is 4.63. The maximum absolute atomic E-state index is 5.99. The van der Waals surface area contributed by atoms with Gasteiger partial charge in [-0.2, -0.15) is 5.10 Å². The first-order valence-electron chi connectivity index (χ1n) is 4.67. The lowest BCUT2D eigenvalue weighted by atomic mass is 10.1. The summed E-state index contributed by atoms with van der Waals surface area (Å²) in [4.78, 5) is 0. The van der Waals surface area contributed by atoms with Crippen molar-refractivity contribution in [2.24, 2.45) is 5.73 Å². The van der Waals surface area contributed by atoms with Crippen molar-refractivity contribution in [2.45, 2.75) is 39.3 Å². The number of hydrogen-bond donors (Lipinski definition) is 1. The van der Waals surface area contributed by atoms with Gasteiger partial charge in [0, 0.05) is 12.6 Å². The van der Waals surface area contributed by atoms with Crippen LogP contribution in [0.25, 0.3) is 0 Å². The summed E-state index contributed by atoms with van der Waals surface area (Å²) in [5.74, 6) is 0. The molecule has 1 heterocycles. The fraction of sp³-hybridized carbons (Fsp3) is 0.667. The fourth-order valence-corrected chi connectivity index (χ4v) is 1.72. The summed E-state index contributed by atoms with van der Waals surface area (Å²) in [6.07, 6.45) is 3.67. The average molecular weight is 202 g/mol. The predicted molar refractivity (Wildman–Crippen MR) is 54.7 cm³/mol. The highest BCUT2D eigenvalue weighted by Crippen LogP contribution is 2.23. The normalized spacial score (nSPS) is 13.2. The Morgan fingerprint density at radius 1 is 1.62 bits per heavy atom. The molecule has 13 heavy (non-hydrogen) atoms. The van der Waals surface area contributed by atoms with Gasteiger partial charge in [0.2, 0.25) is 0 Å². The number of rotatable bonds is 4. The molecule has 1 unspecified atom stereocenters. The van der Waals surface area contributed by atoms with Gasteiger partial charge in [-0.15, -0.1) is 0 Å². The Balaban J connectivity index is 2.89. The topological polar surface area (TPSA) is 43.8 Å². The third-order valence-electron chi connectivity index (χ3n) is 2.08. The van der Waals surface area contributed by atoms with Crippen LogP contribution < -0.4 is 5.73 Å². The molecule has 0 amide bonds. The predicted octanol–water partition coefficient (Wildman–Crippen LogP) is 2.36. The number of aromatic nitrogens is 2. The van der Waals surface area contributed by atoms with Gasteiger partial charge in [0.05, 0.1) is 16.9 Å². The molecule has 2 N–H and O–H groups in total. The highest BCUT2D eigenvalue weighted by Gasteiger charge is 2.14.